The molecule has 90 valence electrons. The quantitative estimate of drug-likeness (QED) is 0.829. The molecule has 0 amide bonds. The number of carbonyl (C=O) groups is 1. The first-order valence-corrected chi connectivity index (χ1v) is 4.44. The zero-order chi connectivity index (χ0) is 13.0. The van der Waals surface area contributed by atoms with Gasteiger partial charge in [0.2, 0.25) is 0 Å². The molecule has 5 nitrogen and oxygen atoms in total. The Balaban J connectivity index is 3.38. The molecular weight excluding hydrogens is 234 g/mol. The van der Waals surface area contributed by atoms with E-state index in [1.165, 1.54) is 0 Å². The second-order valence-corrected chi connectivity index (χ2v) is 3.01. The summed E-state index contributed by atoms with van der Waals surface area (Å²) in [6.07, 6.45) is 0. The van der Waals surface area contributed by atoms with Gasteiger partial charge in [0.1, 0.15) is 11.8 Å². The lowest BCUT2D eigenvalue weighted by Gasteiger charge is -2.10. The highest BCUT2D eigenvalue weighted by Crippen LogP contribution is 2.25. The Labute approximate surface area is 95.0 Å². The fourth-order valence-electron chi connectivity index (χ4n) is 1.27. The number of alkyl halides is 2. The summed E-state index contributed by atoms with van der Waals surface area (Å²) in [4.78, 5) is 10.7. The van der Waals surface area contributed by atoms with E-state index >= 15 is 0 Å². The Kier molecular flexibility index (Phi) is 3.96. The fourth-order valence-corrected chi connectivity index (χ4v) is 1.27. The number of halogens is 2. The van der Waals surface area contributed by atoms with Gasteiger partial charge >= 0.3 is 12.6 Å². The number of hydrogen-bond acceptors (Lipinski definition) is 4. The van der Waals surface area contributed by atoms with Crippen LogP contribution in [-0.2, 0) is 6.54 Å². The molecule has 0 aliphatic heterocycles. The number of rotatable bonds is 4. The Bertz CT molecular complexity index is 483. The normalized spacial score (nSPS) is 10.1. The van der Waals surface area contributed by atoms with Crippen molar-refractivity contribution in [2.45, 2.75) is 13.2 Å². The van der Waals surface area contributed by atoms with E-state index in [1.807, 2.05) is 0 Å². The number of carboxylic acids is 1. The van der Waals surface area contributed by atoms with E-state index in [9.17, 15) is 13.6 Å². The molecule has 0 saturated carbocycles. The molecule has 1 rings (SSSR count). The number of aromatic carboxylic acids is 1. The van der Waals surface area contributed by atoms with Gasteiger partial charge < -0.3 is 15.6 Å². The van der Waals surface area contributed by atoms with Gasteiger partial charge in [-0.15, -0.1) is 0 Å². The van der Waals surface area contributed by atoms with Crippen LogP contribution < -0.4 is 10.5 Å². The maximum absolute atomic E-state index is 12.1. The third-order valence-electron chi connectivity index (χ3n) is 1.98. The lowest BCUT2D eigenvalue weighted by atomic mass is 10.0. The summed E-state index contributed by atoms with van der Waals surface area (Å²) in [5, 5.41) is 17.6. The van der Waals surface area contributed by atoms with Gasteiger partial charge in [-0.2, -0.15) is 14.0 Å². The maximum atomic E-state index is 12.1. The number of ether oxygens (including phenoxy) is 1. The third kappa shape index (κ3) is 2.89. The molecule has 0 unspecified atom stereocenters. The summed E-state index contributed by atoms with van der Waals surface area (Å²) >= 11 is 0. The summed E-state index contributed by atoms with van der Waals surface area (Å²) in [5.74, 6) is -1.80. The topological polar surface area (TPSA) is 96.3 Å². The average molecular weight is 242 g/mol. The Morgan fingerprint density at radius 2 is 2.24 bits per heavy atom. The number of nitriles is 1. The minimum Gasteiger partial charge on any atom is -0.478 e. The van der Waals surface area contributed by atoms with Crippen molar-refractivity contribution in [3.63, 3.8) is 0 Å². The summed E-state index contributed by atoms with van der Waals surface area (Å²) in [5.41, 5.74) is 5.00. The molecule has 17 heavy (non-hydrogen) atoms. The highest BCUT2D eigenvalue weighted by molar-refractivity contribution is 5.89. The predicted octanol–water partition coefficient (Wildman–Crippen LogP) is 1.32. The lowest BCUT2D eigenvalue weighted by Crippen LogP contribution is -2.09. The van der Waals surface area contributed by atoms with Crippen LogP contribution in [0.25, 0.3) is 0 Å². The van der Waals surface area contributed by atoms with E-state index in [0.29, 0.717) is 0 Å². The molecular formula is C10H8F2N2O3. The van der Waals surface area contributed by atoms with Crippen LogP contribution >= 0.6 is 0 Å². The van der Waals surface area contributed by atoms with E-state index < -0.39 is 18.3 Å². The molecule has 0 fully saturated rings. The number of nitrogens with two attached hydrogens (primary N) is 1. The van der Waals surface area contributed by atoms with Gasteiger partial charge in [-0.3, -0.25) is 0 Å². The van der Waals surface area contributed by atoms with Crippen molar-refractivity contribution >= 4 is 5.97 Å². The second kappa shape index (κ2) is 5.23. The maximum Gasteiger partial charge on any atom is 0.387 e. The molecule has 0 aliphatic carbocycles. The van der Waals surface area contributed by atoms with Gasteiger partial charge in [-0.25, -0.2) is 4.79 Å². The Hall–Kier alpha value is -2.20. The summed E-state index contributed by atoms with van der Waals surface area (Å²) in [6.45, 7) is -3.29. The van der Waals surface area contributed by atoms with E-state index in [4.69, 9.17) is 16.1 Å². The number of carboxylic acid groups (broad SMARTS) is 1. The fraction of sp³-hybridized carbons (Fsp3) is 0.200. The van der Waals surface area contributed by atoms with Crippen LogP contribution in [0.1, 0.15) is 21.5 Å². The lowest BCUT2D eigenvalue weighted by molar-refractivity contribution is -0.0501. The van der Waals surface area contributed by atoms with Gasteiger partial charge in [-0.1, -0.05) is 0 Å². The van der Waals surface area contributed by atoms with E-state index in [1.54, 1.807) is 6.07 Å². The first-order chi connectivity index (χ1) is 7.99. The molecule has 0 bridgehead atoms. The van der Waals surface area contributed by atoms with E-state index in [0.717, 1.165) is 12.1 Å². The Morgan fingerprint density at radius 1 is 1.59 bits per heavy atom. The number of benzene rings is 1. The molecule has 1 aromatic rings. The van der Waals surface area contributed by atoms with Crippen LogP contribution in [0.3, 0.4) is 0 Å². The van der Waals surface area contributed by atoms with E-state index in [2.05, 4.69) is 4.74 Å². The van der Waals surface area contributed by atoms with Crippen LogP contribution in [0.15, 0.2) is 12.1 Å². The number of nitrogens with zero attached hydrogens (tertiary/aromatic N) is 1. The highest BCUT2D eigenvalue weighted by atomic mass is 19.3. The van der Waals surface area contributed by atoms with Gasteiger partial charge in [-0.05, 0) is 17.7 Å². The van der Waals surface area contributed by atoms with Crippen molar-refractivity contribution < 1.29 is 23.4 Å². The number of hydrogen-bond donors (Lipinski definition) is 2. The van der Waals surface area contributed by atoms with Crippen molar-refractivity contribution in [2.75, 3.05) is 0 Å². The highest BCUT2D eigenvalue weighted by Gasteiger charge is 2.17. The zero-order valence-electron chi connectivity index (χ0n) is 8.48. The first kappa shape index (κ1) is 12.9. The van der Waals surface area contributed by atoms with Gasteiger partial charge in [0.05, 0.1) is 11.1 Å². The SMILES string of the molecule is N#Cc1c(CN)cc(C(=O)O)cc1OC(F)F. The molecule has 3 N–H and O–H groups in total. The molecule has 0 heterocycles. The molecule has 0 spiro atoms. The van der Waals surface area contributed by atoms with Crippen LogP contribution in [-0.4, -0.2) is 17.7 Å². The van der Waals surface area contributed by atoms with E-state index in [-0.39, 0.29) is 23.2 Å². The third-order valence-corrected chi connectivity index (χ3v) is 1.98. The molecule has 7 heteroatoms. The summed E-state index contributed by atoms with van der Waals surface area (Å²) in [6, 6.07) is 3.67. The second-order valence-electron chi connectivity index (χ2n) is 3.01. The molecule has 0 aromatic heterocycles. The summed E-state index contributed by atoms with van der Waals surface area (Å²) < 4.78 is 28.3. The van der Waals surface area contributed by atoms with Gasteiger partial charge in [0.15, 0.2) is 0 Å². The minimum atomic E-state index is -3.14. The minimum absolute atomic E-state index is 0.142. The molecule has 1 aromatic carbocycles. The van der Waals surface area contributed by atoms with Gasteiger partial charge in [0, 0.05) is 6.54 Å². The first-order valence-electron chi connectivity index (χ1n) is 4.44. The van der Waals surface area contributed by atoms with Crippen molar-refractivity contribution in [3.8, 4) is 11.8 Å². The van der Waals surface area contributed by atoms with Crippen LogP contribution in [0.4, 0.5) is 8.78 Å². The van der Waals surface area contributed by atoms with Crippen molar-refractivity contribution in [2.24, 2.45) is 5.73 Å². The van der Waals surface area contributed by atoms with Crippen LogP contribution in [0.5, 0.6) is 5.75 Å². The zero-order valence-corrected chi connectivity index (χ0v) is 8.48. The standard InChI is InChI=1S/C10H8F2N2O3/c11-10(12)17-8-2-5(9(15)16)1-6(3-13)7(8)4-14/h1-2,10H,3,13H2,(H,15,16). The monoisotopic (exact) mass is 242 g/mol. The largest absolute Gasteiger partial charge is 0.478 e. The predicted molar refractivity (Wildman–Crippen MR) is 52.6 cm³/mol. The average Bonchev–Trinajstić information content (AvgIpc) is 2.26. The van der Waals surface area contributed by atoms with Crippen molar-refractivity contribution in [1.29, 1.82) is 5.26 Å². The van der Waals surface area contributed by atoms with Crippen molar-refractivity contribution in [1.82, 2.24) is 0 Å². The van der Waals surface area contributed by atoms with Crippen LogP contribution in [0.2, 0.25) is 0 Å². The molecule has 0 radical (unpaired) electrons. The molecule has 0 saturated heterocycles. The summed E-state index contributed by atoms with van der Waals surface area (Å²) in [7, 11) is 0. The van der Waals surface area contributed by atoms with Gasteiger partial charge in [0.25, 0.3) is 0 Å². The molecule has 0 aliphatic rings. The Morgan fingerprint density at radius 3 is 2.65 bits per heavy atom. The smallest absolute Gasteiger partial charge is 0.387 e. The molecule has 0 atom stereocenters. The van der Waals surface area contributed by atoms with Crippen LogP contribution in [0, 0.1) is 11.3 Å². The van der Waals surface area contributed by atoms with Crippen molar-refractivity contribution in [3.05, 3.63) is 28.8 Å².